The van der Waals surface area contributed by atoms with Crippen molar-refractivity contribution < 1.29 is 0 Å². The Hall–Kier alpha value is -1.00. The predicted molar refractivity (Wildman–Crippen MR) is 69.4 cm³/mol. The zero-order valence-corrected chi connectivity index (χ0v) is 10.6. The molecular formula is C12H12N2S2. The van der Waals surface area contributed by atoms with E-state index in [2.05, 4.69) is 28.3 Å². The van der Waals surface area contributed by atoms with Crippen LogP contribution in [0.1, 0.15) is 30.1 Å². The highest BCUT2D eigenvalue weighted by Crippen LogP contribution is 2.39. The molecule has 1 N–H and O–H groups in total. The summed E-state index contributed by atoms with van der Waals surface area (Å²) < 4.78 is 0.698. The maximum Gasteiger partial charge on any atom is 0.130 e. The number of aryl methyl sites for hydroxylation is 1. The molecule has 0 spiro atoms. The average Bonchev–Trinajstić information content (AvgIpc) is 3.01. The van der Waals surface area contributed by atoms with Crippen molar-refractivity contribution in [1.82, 2.24) is 9.97 Å². The molecule has 0 aliphatic heterocycles. The summed E-state index contributed by atoms with van der Waals surface area (Å²) in [6.45, 7) is 2.12. The lowest BCUT2D eigenvalue weighted by molar-refractivity contribution is 0.925. The Balaban J connectivity index is 2.13. The highest BCUT2D eigenvalue weighted by Gasteiger charge is 2.26. The van der Waals surface area contributed by atoms with Gasteiger partial charge in [0.1, 0.15) is 10.5 Å². The smallest absolute Gasteiger partial charge is 0.130 e. The minimum absolute atomic E-state index is 0.613. The maximum absolute atomic E-state index is 5.22. The van der Waals surface area contributed by atoms with Gasteiger partial charge in [0.05, 0.1) is 10.6 Å². The van der Waals surface area contributed by atoms with Crippen LogP contribution in [-0.4, -0.2) is 9.97 Å². The molecule has 0 atom stereocenters. The van der Waals surface area contributed by atoms with E-state index in [1.54, 1.807) is 11.3 Å². The van der Waals surface area contributed by atoms with Gasteiger partial charge in [0.2, 0.25) is 0 Å². The normalized spacial score (nSPS) is 15.3. The average molecular weight is 248 g/mol. The van der Waals surface area contributed by atoms with Crippen molar-refractivity contribution in [2.24, 2.45) is 0 Å². The topological polar surface area (TPSA) is 28.7 Å². The van der Waals surface area contributed by atoms with E-state index >= 15 is 0 Å². The van der Waals surface area contributed by atoms with Crippen molar-refractivity contribution in [1.29, 1.82) is 0 Å². The van der Waals surface area contributed by atoms with Gasteiger partial charge in [-0.15, -0.1) is 11.3 Å². The van der Waals surface area contributed by atoms with E-state index in [1.807, 2.05) is 6.07 Å². The van der Waals surface area contributed by atoms with Crippen LogP contribution in [0.3, 0.4) is 0 Å². The number of nitrogens with zero attached hydrogens (tertiary/aromatic N) is 1. The highest BCUT2D eigenvalue weighted by atomic mass is 32.1. The lowest BCUT2D eigenvalue weighted by Gasteiger charge is -2.04. The summed E-state index contributed by atoms with van der Waals surface area (Å²) in [6, 6.07) is 4.09. The van der Waals surface area contributed by atoms with Crippen LogP contribution in [0.15, 0.2) is 17.5 Å². The molecule has 16 heavy (non-hydrogen) atoms. The summed E-state index contributed by atoms with van der Waals surface area (Å²) in [4.78, 5) is 9.10. The number of rotatable bonds is 2. The van der Waals surface area contributed by atoms with Crippen LogP contribution in [0.25, 0.3) is 10.6 Å². The fourth-order valence-electron chi connectivity index (χ4n) is 1.80. The van der Waals surface area contributed by atoms with E-state index in [1.165, 1.54) is 23.3 Å². The molecule has 2 aromatic heterocycles. The van der Waals surface area contributed by atoms with Gasteiger partial charge in [-0.1, -0.05) is 12.2 Å². The molecule has 1 aliphatic rings. The van der Waals surface area contributed by atoms with Gasteiger partial charge in [-0.3, -0.25) is 0 Å². The molecule has 0 bridgehead atoms. The lowest BCUT2D eigenvalue weighted by atomic mass is 10.2. The fraction of sp³-hybridized carbons (Fsp3) is 0.333. The third-order valence-electron chi connectivity index (χ3n) is 2.83. The van der Waals surface area contributed by atoms with Gasteiger partial charge >= 0.3 is 0 Å². The van der Waals surface area contributed by atoms with E-state index in [0.717, 1.165) is 11.5 Å². The molecule has 2 nitrogen and oxygen atoms in total. The number of H-pyrrole nitrogens is 1. The van der Waals surface area contributed by atoms with Gasteiger partial charge in [-0.05, 0) is 42.8 Å². The van der Waals surface area contributed by atoms with Crippen LogP contribution in [0.2, 0.25) is 0 Å². The van der Waals surface area contributed by atoms with E-state index < -0.39 is 0 Å². The largest absolute Gasteiger partial charge is 0.342 e. The van der Waals surface area contributed by atoms with Crippen LogP contribution in [0.4, 0.5) is 0 Å². The van der Waals surface area contributed by atoms with Crippen LogP contribution in [0.5, 0.6) is 0 Å². The number of aromatic amines is 1. The Bertz CT molecular complexity index is 579. The Labute approximate surface area is 103 Å². The summed E-state index contributed by atoms with van der Waals surface area (Å²) in [5, 5.41) is 2.11. The molecule has 1 fully saturated rings. The van der Waals surface area contributed by atoms with Crippen LogP contribution in [0, 0.1) is 11.6 Å². The van der Waals surface area contributed by atoms with Gasteiger partial charge in [-0.2, -0.15) is 0 Å². The standard InChI is InChI=1S/C12H12N2S2/c1-7-4-5-16-11(7)9-6-10(15)14-12(13-9)8-2-3-8/h4-6,8H,2-3H2,1H3,(H,13,14,15). The van der Waals surface area contributed by atoms with Gasteiger partial charge in [-0.25, -0.2) is 4.98 Å². The van der Waals surface area contributed by atoms with E-state index in [-0.39, 0.29) is 0 Å². The lowest BCUT2D eigenvalue weighted by Crippen LogP contribution is -1.94. The van der Waals surface area contributed by atoms with Crippen molar-refractivity contribution >= 4 is 23.6 Å². The van der Waals surface area contributed by atoms with E-state index in [4.69, 9.17) is 12.2 Å². The zero-order chi connectivity index (χ0) is 11.1. The van der Waals surface area contributed by atoms with Gasteiger partial charge in [0.15, 0.2) is 0 Å². The minimum atomic E-state index is 0.613. The summed E-state index contributed by atoms with van der Waals surface area (Å²) in [5.41, 5.74) is 2.41. The number of hydrogen-bond donors (Lipinski definition) is 1. The summed E-state index contributed by atoms with van der Waals surface area (Å²) in [5.74, 6) is 1.68. The molecule has 4 heteroatoms. The Kier molecular flexibility index (Phi) is 2.41. The summed E-state index contributed by atoms with van der Waals surface area (Å²) >= 11 is 6.97. The molecule has 0 radical (unpaired) electrons. The van der Waals surface area contributed by atoms with Crippen molar-refractivity contribution in [2.45, 2.75) is 25.7 Å². The molecule has 2 aromatic rings. The second kappa shape index (κ2) is 3.79. The maximum atomic E-state index is 5.22. The van der Waals surface area contributed by atoms with Gasteiger partial charge in [0.25, 0.3) is 0 Å². The quantitative estimate of drug-likeness (QED) is 0.812. The molecule has 0 amide bonds. The molecule has 82 valence electrons. The van der Waals surface area contributed by atoms with Crippen molar-refractivity contribution in [3.05, 3.63) is 33.5 Å². The van der Waals surface area contributed by atoms with Crippen LogP contribution >= 0.6 is 23.6 Å². The summed E-state index contributed by atoms with van der Waals surface area (Å²) in [6.07, 6.45) is 2.48. The van der Waals surface area contributed by atoms with Crippen molar-refractivity contribution in [2.75, 3.05) is 0 Å². The SMILES string of the molecule is Cc1ccsc1-c1cc(=S)nc(C2CC2)[nH]1. The van der Waals surface area contributed by atoms with Crippen LogP contribution < -0.4 is 0 Å². The Morgan fingerprint density at radius 1 is 1.50 bits per heavy atom. The van der Waals surface area contributed by atoms with Crippen molar-refractivity contribution in [3.63, 3.8) is 0 Å². The number of nitrogens with one attached hydrogen (secondary N) is 1. The van der Waals surface area contributed by atoms with Gasteiger partial charge in [0, 0.05) is 5.92 Å². The first kappa shape index (κ1) is 10.2. The molecule has 0 unspecified atom stereocenters. The summed E-state index contributed by atoms with van der Waals surface area (Å²) in [7, 11) is 0. The Morgan fingerprint density at radius 3 is 2.94 bits per heavy atom. The first-order chi connectivity index (χ1) is 7.74. The monoisotopic (exact) mass is 248 g/mol. The highest BCUT2D eigenvalue weighted by molar-refractivity contribution is 7.71. The molecule has 1 aliphatic carbocycles. The number of thiophene rings is 1. The molecular weight excluding hydrogens is 236 g/mol. The van der Waals surface area contributed by atoms with Crippen molar-refractivity contribution in [3.8, 4) is 10.6 Å². The van der Waals surface area contributed by atoms with E-state index in [0.29, 0.717) is 10.6 Å². The van der Waals surface area contributed by atoms with Gasteiger partial charge < -0.3 is 4.98 Å². The Morgan fingerprint density at radius 2 is 2.31 bits per heavy atom. The number of aromatic nitrogens is 2. The molecule has 3 rings (SSSR count). The molecule has 2 heterocycles. The third-order valence-corrected chi connectivity index (χ3v) is 4.09. The molecule has 1 saturated carbocycles. The minimum Gasteiger partial charge on any atom is -0.342 e. The first-order valence-electron chi connectivity index (χ1n) is 5.40. The van der Waals surface area contributed by atoms with Crippen LogP contribution in [-0.2, 0) is 0 Å². The molecule has 0 aromatic carbocycles. The zero-order valence-electron chi connectivity index (χ0n) is 8.99. The fourth-order valence-corrected chi connectivity index (χ4v) is 2.91. The number of hydrogen-bond acceptors (Lipinski definition) is 3. The molecule has 0 saturated heterocycles. The first-order valence-corrected chi connectivity index (χ1v) is 6.68. The second-order valence-electron chi connectivity index (χ2n) is 4.23. The van der Waals surface area contributed by atoms with E-state index in [9.17, 15) is 0 Å². The third kappa shape index (κ3) is 1.83. The predicted octanol–water partition coefficient (Wildman–Crippen LogP) is 4.05. The second-order valence-corrected chi connectivity index (χ2v) is 5.56.